The van der Waals surface area contributed by atoms with Crippen molar-refractivity contribution >= 4 is 11.6 Å². The fraction of sp³-hybridized carbons (Fsp3) is 0.364. The number of hydrogen-bond acceptors (Lipinski definition) is 2. The van der Waals surface area contributed by atoms with Crippen molar-refractivity contribution in [2.75, 3.05) is 12.0 Å². The molecular weight excluding hydrogens is 178 g/mol. The molecule has 74 valence electrons. The average Bonchev–Trinajstić information content (AvgIpc) is 2.18. The molecule has 0 saturated carbocycles. The van der Waals surface area contributed by atoms with Crippen LogP contribution in [0.15, 0.2) is 24.3 Å². The highest BCUT2D eigenvalue weighted by atomic mass is 16.5. The maximum Gasteiger partial charge on any atom is 0.229 e. The average molecular weight is 191 g/mol. The Bertz CT molecular complexity index is 345. The second-order valence-corrected chi connectivity index (χ2v) is 3.51. The van der Waals surface area contributed by atoms with E-state index in [0.717, 1.165) is 11.4 Å². The Hall–Kier alpha value is -1.51. The Morgan fingerprint density at radius 2 is 2.00 bits per heavy atom. The van der Waals surface area contributed by atoms with Crippen LogP contribution in [-0.2, 0) is 4.79 Å². The Balaban J connectivity index is 2.20. The van der Waals surface area contributed by atoms with E-state index in [9.17, 15) is 4.79 Å². The van der Waals surface area contributed by atoms with E-state index >= 15 is 0 Å². The van der Waals surface area contributed by atoms with Crippen molar-refractivity contribution < 1.29 is 9.53 Å². The summed E-state index contributed by atoms with van der Waals surface area (Å²) < 4.78 is 5.05. The number of benzene rings is 1. The fourth-order valence-corrected chi connectivity index (χ4v) is 1.72. The second kappa shape index (κ2) is 3.33. The Kier molecular flexibility index (Phi) is 2.15. The molecule has 14 heavy (non-hydrogen) atoms. The highest BCUT2D eigenvalue weighted by Gasteiger charge is 2.33. The first kappa shape index (κ1) is 9.06. The van der Waals surface area contributed by atoms with Crippen molar-refractivity contribution in [1.29, 1.82) is 0 Å². The van der Waals surface area contributed by atoms with Gasteiger partial charge in [0.15, 0.2) is 0 Å². The van der Waals surface area contributed by atoms with E-state index in [4.69, 9.17) is 4.74 Å². The van der Waals surface area contributed by atoms with Crippen molar-refractivity contribution in [3.8, 4) is 5.75 Å². The van der Waals surface area contributed by atoms with E-state index in [2.05, 4.69) is 0 Å². The fourth-order valence-electron chi connectivity index (χ4n) is 1.72. The predicted octanol–water partition coefficient (Wildman–Crippen LogP) is 1.82. The van der Waals surface area contributed by atoms with Gasteiger partial charge in [0, 0.05) is 18.2 Å². The molecule has 1 aliphatic rings. The van der Waals surface area contributed by atoms with Crippen LogP contribution in [0.1, 0.15) is 13.3 Å². The largest absolute Gasteiger partial charge is 0.497 e. The van der Waals surface area contributed by atoms with Crippen LogP contribution in [0, 0.1) is 0 Å². The summed E-state index contributed by atoms with van der Waals surface area (Å²) in [6.45, 7) is 2.05. The predicted molar refractivity (Wildman–Crippen MR) is 54.6 cm³/mol. The minimum atomic E-state index is 0.197. The topological polar surface area (TPSA) is 29.5 Å². The summed E-state index contributed by atoms with van der Waals surface area (Å²) in [6, 6.07) is 7.89. The highest BCUT2D eigenvalue weighted by molar-refractivity contribution is 6.00. The number of ether oxygens (including phenoxy) is 1. The van der Waals surface area contributed by atoms with E-state index in [-0.39, 0.29) is 5.91 Å². The van der Waals surface area contributed by atoms with E-state index in [1.54, 1.807) is 12.0 Å². The number of carbonyl (C=O) groups is 1. The highest BCUT2D eigenvalue weighted by Crippen LogP contribution is 2.28. The summed E-state index contributed by atoms with van der Waals surface area (Å²) in [4.78, 5) is 13.1. The van der Waals surface area contributed by atoms with Gasteiger partial charge in [-0.05, 0) is 31.2 Å². The Morgan fingerprint density at radius 3 is 2.43 bits per heavy atom. The second-order valence-electron chi connectivity index (χ2n) is 3.51. The third kappa shape index (κ3) is 1.35. The molecule has 0 aromatic heterocycles. The number of hydrogen-bond donors (Lipinski definition) is 0. The monoisotopic (exact) mass is 191 g/mol. The van der Waals surface area contributed by atoms with Crippen LogP contribution in [0.4, 0.5) is 5.69 Å². The van der Waals surface area contributed by atoms with Crippen LogP contribution in [0.5, 0.6) is 5.75 Å². The number of amides is 1. The third-order valence-electron chi connectivity index (χ3n) is 2.53. The number of nitrogens with zero attached hydrogens (tertiary/aromatic N) is 1. The van der Waals surface area contributed by atoms with Crippen LogP contribution in [-0.4, -0.2) is 19.1 Å². The van der Waals surface area contributed by atoms with Gasteiger partial charge >= 0.3 is 0 Å². The number of rotatable bonds is 2. The SMILES string of the molecule is COc1ccc(N2C(=O)CC2C)cc1. The lowest BCUT2D eigenvalue weighted by Gasteiger charge is -2.38. The van der Waals surface area contributed by atoms with Crippen LogP contribution < -0.4 is 9.64 Å². The Labute approximate surface area is 83.3 Å². The molecule has 1 unspecified atom stereocenters. The summed E-state index contributed by atoms with van der Waals surface area (Å²) >= 11 is 0. The minimum absolute atomic E-state index is 0.197. The van der Waals surface area contributed by atoms with Crippen LogP contribution in [0.2, 0.25) is 0 Å². The number of β-lactam (4-membered cyclic amide) rings is 1. The molecule has 1 atom stereocenters. The molecule has 1 aromatic carbocycles. The first-order valence-electron chi connectivity index (χ1n) is 4.68. The number of methoxy groups -OCH3 is 1. The molecule has 0 radical (unpaired) electrons. The van der Waals surface area contributed by atoms with E-state index < -0.39 is 0 Å². The van der Waals surface area contributed by atoms with E-state index in [1.165, 1.54) is 0 Å². The van der Waals surface area contributed by atoms with Crippen molar-refractivity contribution in [3.63, 3.8) is 0 Å². The van der Waals surface area contributed by atoms with E-state index in [1.807, 2.05) is 31.2 Å². The summed E-state index contributed by atoms with van der Waals surface area (Å²) in [5.74, 6) is 1.01. The van der Waals surface area contributed by atoms with Gasteiger partial charge in [0.25, 0.3) is 0 Å². The summed E-state index contributed by atoms with van der Waals surface area (Å²) in [5, 5.41) is 0. The molecule has 1 aliphatic heterocycles. The van der Waals surface area contributed by atoms with Gasteiger partial charge in [-0.15, -0.1) is 0 Å². The molecule has 0 bridgehead atoms. The van der Waals surface area contributed by atoms with Gasteiger partial charge in [0.1, 0.15) is 5.75 Å². The first-order valence-corrected chi connectivity index (χ1v) is 4.68. The first-order chi connectivity index (χ1) is 6.72. The van der Waals surface area contributed by atoms with Crippen LogP contribution >= 0.6 is 0 Å². The van der Waals surface area contributed by atoms with Gasteiger partial charge in [0.05, 0.1) is 7.11 Å². The van der Waals surface area contributed by atoms with Gasteiger partial charge in [0.2, 0.25) is 5.91 Å². The molecule has 0 aliphatic carbocycles. The molecule has 1 aromatic rings. The quantitative estimate of drug-likeness (QED) is 0.667. The smallest absolute Gasteiger partial charge is 0.229 e. The lowest BCUT2D eigenvalue weighted by atomic mass is 10.0. The van der Waals surface area contributed by atoms with Crippen molar-refractivity contribution in [2.24, 2.45) is 0 Å². The molecule has 1 amide bonds. The summed E-state index contributed by atoms with van der Waals surface area (Å²) in [6.07, 6.45) is 0.659. The van der Waals surface area contributed by atoms with Gasteiger partial charge < -0.3 is 9.64 Å². The number of anilines is 1. The third-order valence-corrected chi connectivity index (χ3v) is 2.53. The van der Waals surface area contributed by atoms with Crippen molar-refractivity contribution in [3.05, 3.63) is 24.3 Å². The molecule has 3 heteroatoms. The molecule has 1 fully saturated rings. The summed E-state index contributed by atoms with van der Waals surface area (Å²) in [5.41, 5.74) is 0.953. The molecule has 1 saturated heterocycles. The molecule has 2 rings (SSSR count). The Morgan fingerprint density at radius 1 is 1.36 bits per heavy atom. The van der Waals surface area contributed by atoms with Crippen molar-refractivity contribution in [1.82, 2.24) is 0 Å². The minimum Gasteiger partial charge on any atom is -0.497 e. The molecular formula is C11H13NO2. The molecule has 1 heterocycles. The van der Waals surface area contributed by atoms with Gasteiger partial charge in [-0.3, -0.25) is 4.79 Å². The van der Waals surface area contributed by atoms with Crippen LogP contribution in [0.25, 0.3) is 0 Å². The van der Waals surface area contributed by atoms with Gasteiger partial charge in [-0.1, -0.05) is 0 Å². The maximum atomic E-state index is 11.3. The van der Waals surface area contributed by atoms with Crippen LogP contribution in [0.3, 0.4) is 0 Å². The normalized spacial score (nSPS) is 20.6. The van der Waals surface area contributed by atoms with Gasteiger partial charge in [-0.25, -0.2) is 0 Å². The molecule has 3 nitrogen and oxygen atoms in total. The summed E-state index contributed by atoms with van der Waals surface area (Å²) in [7, 11) is 1.63. The zero-order valence-corrected chi connectivity index (χ0v) is 8.36. The standard InChI is InChI=1S/C11H13NO2/c1-8-7-11(13)12(8)9-3-5-10(14-2)6-4-9/h3-6,8H,7H2,1-2H3. The zero-order valence-electron chi connectivity index (χ0n) is 8.36. The zero-order chi connectivity index (χ0) is 10.1. The lowest BCUT2D eigenvalue weighted by Crippen LogP contribution is -2.51. The van der Waals surface area contributed by atoms with E-state index in [0.29, 0.717) is 12.5 Å². The van der Waals surface area contributed by atoms with Crippen molar-refractivity contribution in [2.45, 2.75) is 19.4 Å². The lowest BCUT2D eigenvalue weighted by molar-refractivity contribution is -0.123. The number of carbonyl (C=O) groups excluding carboxylic acids is 1. The molecule has 0 spiro atoms. The molecule has 0 N–H and O–H groups in total. The maximum absolute atomic E-state index is 11.3. The van der Waals surface area contributed by atoms with Gasteiger partial charge in [-0.2, -0.15) is 0 Å².